The van der Waals surface area contributed by atoms with Crippen LogP contribution in [0.3, 0.4) is 0 Å². The fourth-order valence-corrected chi connectivity index (χ4v) is 2.45. The van der Waals surface area contributed by atoms with Crippen molar-refractivity contribution >= 4 is 21.8 Å². The van der Waals surface area contributed by atoms with E-state index in [0.717, 1.165) is 5.41 Å². The van der Waals surface area contributed by atoms with E-state index in [9.17, 15) is 18.0 Å². The topological polar surface area (TPSA) is 133 Å². The number of urea groups is 1. The van der Waals surface area contributed by atoms with Gasteiger partial charge in [-0.25, -0.2) is 18.0 Å². The van der Waals surface area contributed by atoms with Gasteiger partial charge < -0.3 is 20.8 Å². The SMILES string of the molecule is O=C(NC1C=CS(=O)(=O)C1)N[C@@H](CO)C(=O)O. The summed E-state index contributed by atoms with van der Waals surface area (Å²) >= 11 is 0. The minimum absolute atomic E-state index is 0.253. The largest absolute Gasteiger partial charge is 0.480 e. The molecular formula is C8H12N2O6S. The number of nitrogens with one attached hydrogen (secondary N) is 2. The zero-order chi connectivity index (χ0) is 13.1. The molecule has 96 valence electrons. The number of aliphatic carboxylic acids is 1. The Hall–Kier alpha value is -1.61. The Labute approximate surface area is 97.2 Å². The number of aliphatic hydroxyl groups is 1. The van der Waals surface area contributed by atoms with Crippen LogP contribution >= 0.6 is 0 Å². The number of amides is 2. The molecule has 1 rings (SSSR count). The molecule has 1 heterocycles. The molecule has 1 aliphatic heterocycles. The molecule has 0 aliphatic carbocycles. The second kappa shape index (κ2) is 5.15. The van der Waals surface area contributed by atoms with Crippen molar-refractivity contribution in [2.45, 2.75) is 12.1 Å². The zero-order valence-electron chi connectivity index (χ0n) is 8.66. The van der Waals surface area contributed by atoms with E-state index in [1.807, 2.05) is 5.32 Å². The van der Waals surface area contributed by atoms with E-state index in [1.165, 1.54) is 6.08 Å². The number of carboxylic acids is 1. The Morgan fingerprint density at radius 2 is 2.12 bits per heavy atom. The summed E-state index contributed by atoms with van der Waals surface area (Å²) in [4.78, 5) is 21.8. The fraction of sp³-hybridized carbons (Fsp3) is 0.500. The van der Waals surface area contributed by atoms with E-state index >= 15 is 0 Å². The summed E-state index contributed by atoms with van der Waals surface area (Å²) in [5.74, 6) is -1.63. The molecule has 8 nitrogen and oxygen atoms in total. The lowest BCUT2D eigenvalue weighted by molar-refractivity contribution is -0.140. The van der Waals surface area contributed by atoms with Crippen LogP contribution in [0, 0.1) is 0 Å². The van der Waals surface area contributed by atoms with Crippen LogP contribution < -0.4 is 10.6 Å². The average molecular weight is 264 g/mol. The number of rotatable bonds is 4. The van der Waals surface area contributed by atoms with E-state index in [4.69, 9.17) is 10.2 Å². The van der Waals surface area contributed by atoms with Crippen LogP contribution in [0.1, 0.15) is 0 Å². The van der Waals surface area contributed by atoms with Crippen LogP contribution in [-0.2, 0) is 14.6 Å². The number of sulfone groups is 1. The normalized spacial score (nSPS) is 23.0. The van der Waals surface area contributed by atoms with Crippen molar-refractivity contribution in [2.75, 3.05) is 12.4 Å². The Morgan fingerprint density at radius 1 is 1.47 bits per heavy atom. The average Bonchev–Trinajstić information content (AvgIpc) is 2.54. The first-order valence-electron chi connectivity index (χ1n) is 4.65. The van der Waals surface area contributed by atoms with Gasteiger partial charge in [0.25, 0.3) is 0 Å². The lowest BCUT2D eigenvalue weighted by atomic mass is 10.3. The summed E-state index contributed by atoms with van der Waals surface area (Å²) in [7, 11) is -3.28. The van der Waals surface area contributed by atoms with Gasteiger partial charge in [-0.2, -0.15) is 0 Å². The van der Waals surface area contributed by atoms with Gasteiger partial charge in [0, 0.05) is 5.41 Å². The summed E-state index contributed by atoms with van der Waals surface area (Å²) in [6, 6.07) is -2.96. The fourth-order valence-electron chi connectivity index (χ4n) is 1.22. The van der Waals surface area contributed by atoms with E-state index in [-0.39, 0.29) is 5.75 Å². The third kappa shape index (κ3) is 4.04. The van der Waals surface area contributed by atoms with Crippen LogP contribution in [0.5, 0.6) is 0 Å². The molecule has 0 saturated heterocycles. The number of hydrogen-bond acceptors (Lipinski definition) is 5. The Balaban J connectivity index is 2.46. The van der Waals surface area contributed by atoms with Gasteiger partial charge in [0.1, 0.15) is 0 Å². The van der Waals surface area contributed by atoms with Gasteiger partial charge in [0.05, 0.1) is 18.4 Å². The highest BCUT2D eigenvalue weighted by Crippen LogP contribution is 2.07. The van der Waals surface area contributed by atoms with Crippen LogP contribution in [0.2, 0.25) is 0 Å². The van der Waals surface area contributed by atoms with E-state index < -0.39 is 40.5 Å². The lowest BCUT2D eigenvalue weighted by Crippen LogP contribution is -2.50. The second-order valence-corrected chi connectivity index (χ2v) is 5.39. The number of hydrogen-bond donors (Lipinski definition) is 4. The smallest absolute Gasteiger partial charge is 0.328 e. The van der Waals surface area contributed by atoms with Crippen molar-refractivity contribution in [1.82, 2.24) is 10.6 Å². The van der Waals surface area contributed by atoms with Crippen molar-refractivity contribution < 1.29 is 28.2 Å². The molecule has 2 atom stereocenters. The minimum atomic E-state index is -3.28. The summed E-state index contributed by atoms with van der Waals surface area (Å²) in [5, 5.41) is 22.5. The molecule has 0 bridgehead atoms. The Morgan fingerprint density at radius 3 is 2.53 bits per heavy atom. The van der Waals surface area contributed by atoms with Crippen molar-refractivity contribution in [1.29, 1.82) is 0 Å². The highest BCUT2D eigenvalue weighted by Gasteiger charge is 2.25. The third-order valence-electron chi connectivity index (χ3n) is 2.03. The van der Waals surface area contributed by atoms with Crippen molar-refractivity contribution in [3.8, 4) is 0 Å². The summed E-state index contributed by atoms with van der Waals surface area (Å²) in [5.41, 5.74) is 0. The first-order chi connectivity index (χ1) is 7.84. The number of carbonyl (C=O) groups excluding carboxylic acids is 1. The maximum Gasteiger partial charge on any atom is 0.328 e. The monoisotopic (exact) mass is 264 g/mol. The van der Waals surface area contributed by atoms with E-state index in [1.54, 1.807) is 0 Å². The second-order valence-electron chi connectivity index (χ2n) is 3.46. The van der Waals surface area contributed by atoms with Gasteiger partial charge in [-0.1, -0.05) is 0 Å². The molecule has 4 N–H and O–H groups in total. The van der Waals surface area contributed by atoms with Crippen molar-refractivity contribution in [3.63, 3.8) is 0 Å². The van der Waals surface area contributed by atoms with Crippen LogP contribution in [-0.4, -0.2) is 55.1 Å². The molecule has 1 unspecified atom stereocenters. The van der Waals surface area contributed by atoms with Crippen molar-refractivity contribution in [3.05, 3.63) is 11.5 Å². The molecule has 0 radical (unpaired) electrons. The Kier molecular flexibility index (Phi) is 4.07. The number of aliphatic hydroxyl groups excluding tert-OH is 1. The molecule has 0 saturated carbocycles. The molecule has 1 aliphatic rings. The third-order valence-corrected chi connectivity index (χ3v) is 3.43. The standard InChI is InChI=1S/C8H12N2O6S/c11-3-6(7(12)13)10-8(14)9-5-1-2-17(15,16)4-5/h1-2,5-6,11H,3-4H2,(H,12,13)(H2,9,10,14)/t5?,6-/m0/s1. The quantitative estimate of drug-likeness (QED) is 0.466. The lowest BCUT2D eigenvalue weighted by Gasteiger charge is -2.14. The molecule has 9 heteroatoms. The van der Waals surface area contributed by atoms with E-state index in [0.29, 0.717) is 0 Å². The van der Waals surface area contributed by atoms with Crippen molar-refractivity contribution in [2.24, 2.45) is 0 Å². The van der Waals surface area contributed by atoms with Gasteiger partial charge in [-0.15, -0.1) is 0 Å². The predicted molar refractivity (Wildman–Crippen MR) is 56.9 cm³/mol. The molecular weight excluding hydrogens is 252 g/mol. The summed E-state index contributed by atoms with van der Waals surface area (Å²) in [6.07, 6.45) is 1.30. The molecule has 0 aromatic carbocycles. The highest BCUT2D eigenvalue weighted by atomic mass is 32.2. The highest BCUT2D eigenvalue weighted by molar-refractivity contribution is 7.94. The van der Waals surface area contributed by atoms with Crippen LogP contribution in [0.25, 0.3) is 0 Å². The molecule has 2 amide bonds. The first-order valence-corrected chi connectivity index (χ1v) is 6.37. The maximum absolute atomic E-state index is 11.3. The molecule has 0 aromatic rings. The molecule has 0 fully saturated rings. The number of carbonyl (C=O) groups is 2. The van der Waals surface area contributed by atoms with Gasteiger partial charge in [-0.3, -0.25) is 0 Å². The molecule has 0 aromatic heterocycles. The minimum Gasteiger partial charge on any atom is -0.480 e. The van der Waals surface area contributed by atoms with Crippen LogP contribution in [0.15, 0.2) is 11.5 Å². The van der Waals surface area contributed by atoms with Gasteiger partial charge in [0.2, 0.25) is 0 Å². The maximum atomic E-state index is 11.3. The van der Waals surface area contributed by atoms with Gasteiger partial charge in [0.15, 0.2) is 15.9 Å². The van der Waals surface area contributed by atoms with E-state index in [2.05, 4.69) is 5.32 Å². The predicted octanol–water partition coefficient (Wildman–Crippen LogP) is -1.96. The summed E-state index contributed by atoms with van der Waals surface area (Å²) < 4.78 is 22.0. The summed E-state index contributed by atoms with van der Waals surface area (Å²) in [6.45, 7) is -0.748. The van der Waals surface area contributed by atoms with Gasteiger partial charge in [-0.05, 0) is 6.08 Å². The van der Waals surface area contributed by atoms with Crippen LogP contribution in [0.4, 0.5) is 4.79 Å². The molecule has 0 spiro atoms. The first kappa shape index (κ1) is 13.5. The zero-order valence-corrected chi connectivity index (χ0v) is 9.48. The Bertz CT molecular complexity index is 443. The van der Waals surface area contributed by atoms with Gasteiger partial charge >= 0.3 is 12.0 Å². The molecule has 17 heavy (non-hydrogen) atoms. The number of carboxylic acid groups (broad SMARTS) is 1.